The molecular formula is C26H22N2O4. The molecule has 1 aliphatic carbocycles. The molecule has 6 heteroatoms. The maximum absolute atomic E-state index is 12.9. The second-order valence-corrected chi connectivity index (χ2v) is 8.85. The van der Waals surface area contributed by atoms with Gasteiger partial charge in [0.05, 0.1) is 23.2 Å². The Balaban J connectivity index is 1.24. The zero-order valence-corrected chi connectivity index (χ0v) is 17.6. The predicted molar refractivity (Wildman–Crippen MR) is 119 cm³/mol. The fourth-order valence-electron chi connectivity index (χ4n) is 4.89. The van der Waals surface area contributed by atoms with E-state index < -0.39 is 5.97 Å². The number of hydrogen-bond donors (Lipinski definition) is 0. The van der Waals surface area contributed by atoms with Crippen molar-refractivity contribution >= 4 is 34.3 Å². The number of anilines is 1. The summed E-state index contributed by atoms with van der Waals surface area (Å²) in [7, 11) is 0. The molecule has 0 atom stereocenters. The van der Waals surface area contributed by atoms with Gasteiger partial charge in [-0.25, -0.2) is 4.79 Å². The largest absolute Gasteiger partial charge is 0.454 e. The van der Waals surface area contributed by atoms with Crippen molar-refractivity contribution in [1.29, 1.82) is 0 Å². The molecule has 0 spiro atoms. The molecule has 160 valence electrons. The van der Waals surface area contributed by atoms with Crippen LogP contribution >= 0.6 is 0 Å². The van der Waals surface area contributed by atoms with E-state index in [0.717, 1.165) is 65.6 Å². The Labute approximate surface area is 185 Å². The van der Waals surface area contributed by atoms with Crippen molar-refractivity contribution in [2.75, 3.05) is 18.1 Å². The van der Waals surface area contributed by atoms with Crippen LogP contribution in [0.3, 0.4) is 0 Å². The van der Waals surface area contributed by atoms with Crippen molar-refractivity contribution in [1.82, 2.24) is 4.98 Å². The van der Waals surface area contributed by atoms with Crippen molar-refractivity contribution in [2.24, 2.45) is 0 Å². The van der Waals surface area contributed by atoms with Crippen LogP contribution < -0.4 is 4.90 Å². The van der Waals surface area contributed by atoms with E-state index in [2.05, 4.69) is 4.98 Å². The Morgan fingerprint density at radius 3 is 2.75 bits per heavy atom. The van der Waals surface area contributed by atoms with E-state index in [0.29, 0.717) is 23.5 Å². The topological polar surface area (TPSA) is 76.6 Å². The molecule has 6 nitrogen and oxygen atoms in total. The summed E-state index contributed by atoms with van der Waals surface area (Å²) in [5, 5.41) is 0.731. The van der Waals surface area contributed by atoms with Gasteiger partial charge in [0.2, 0.25) is 5.91 Å². The van der Waals surface area contributed by atoms with Crippen molar-refractivity contribution in [3.63, 3.8) is 0 Å². The first-order valence-corrected chi connectivity index (χ1v) is 11.1. The number of ether oxygens (including phenoxy) is 1. The van der Waals surface area contributed by atoms with E-state index >= 15 is 0 Å². The average molecular weight is 426 g/mol. The van der Waals surface area contributed by atoms with E-state index in [1.54, 1.807) is 6.07 Å². The molecular weight excluding hydrogens is 404 g/mol. The number of esters is 1. The third-order valence-electron chi connectivity index (χ3n) is 6.62. The van der Waals surface area contributed by atoms with Crippen LogP contribution in [0.25, 0.3) is 10.9 Å². The van der Waals surface area contributed by atoms with E-state index in [1.165, 1.54) is 0 Å². The number of ketones is 1. The molecule has 1 saturated carbocycles. The SMILES string of the molecule is O=C(COC(=O)c1cc(C2CC2)nc2ccccc12)c1cc2c3c(c1)CC(=O)N3CCC2. The summed E-state index contributed by atoms with van der Waals surface area (Å²) < 4.78 is 5.46. The number of fused-ring (bicyclic) bond motifs is 1. The van der Waals surface area contributed by atoms with Gasteiger partial charge in [-0.3, -0.25) is 14.6 Å². The smallest absolute Gasteiger partial charge is 0.339 e. The first-order valence-electron chi connectivity index (χ1n) is 11.1. The highest BCUT2D eigenvalue weighted by Crippen LogP contribution is 2.40. The zero-order chi connectivity index (χ0) is 21.8. The fourth-order valence-corrected chi connectivity index (χ4v) is 4.89. The summed E-state index contributed by atoms with van der Waals surface area (Å²) in [5.74, 6) is -0.274. The van der Waals surface area contributed by atoms with Crippen LogP contribution in [0.1, 0.15) is 62.7 Å². The summed E-state index contributed by atoms with van der Waals surface area (Å²) in [6, 6.07) is 13.0. The number of nitrogens with zero attached hydrogens (tertiary/aromatic N) is 2. The minimum atomic E-state index is -0.511. The van der Waals surface area contributed by atoms with Gasteiger partial charge in [0.1, 0.15) is 0 Å². The maximum atomic E-state index is 12.9. The Hall–Kier alpha value is -3.54. The lowest BCUT2D eigenvalue weighted by Crippen LogP contribution is -2.31. The lowest BCUT2D eigenvalue weighted by molar-refractivity contribution is -0.117. The van der Waals surface area contributed by atoms with Crippen molar-refractivity contribution in [3.8, 4) is 0 Å². The highest BCUT2D eigenvalue weighted by Gasteiger charge is 2.33. The van der Waals surface area contributed by atoms with Crippen LogP contribution in [0.5, 0.6) is 0 Å². The quantitative estimate of drug-likeness (QED) is 0.456. The normalized spacial score (nSPS) is 16.9. The lowest BCUT2D eigenvalue weighted by atomic mass is 9.95. The molecule has 1 fully saturated rings. The van der Waals surface area contributed by atoms with Gasteiger partial charge in [-0.05, 0) is 61.1 Å². The van der Waals surface area contributed by atoms with Crippen LogP contribution in [0.15, 0.2) is 42.5 Å². The molecule has 0 N–H and O–H groups in total. The second kappa shape index (κ2) is 7.26. The molecule has 2 aromatic carbocycles. The Bertz CT molecular complexity index is 1310. The van der Waals surface area contributed by atoms with E-state index in [4.69, 9.17) is 4.74 Å². The van der Waals surface area contributed by atoms with Crippen LogP contribution in [0.2, 0.25) is 0 Å². The van der Waals surface area contributed by atoms with E-state index in [-0.39, 0.29) is 18.3 Å². The number of aromatic nitrogens is 1. The highest BCUT2D eigenvalue weighted by atomic mass is 16.5. The fraction of sp³-hybridized carbons (Fsp3) is 0.308. The minimum absolute atomic E-state index is 0.0907. The number of Topliss-reactive ketones (excluding diaryl/α,β-unsaturated/α-hetero) is 1. The number of carbonyl (C=O) groups is 3. The third kappa shape index (κ3) is 3.18. The second-order valence-electron chi connectivity index (χ2n) is 8.85. The Kier molecular flexibility index (Phi) is 4.35. The van der Waals surface area contributed by atoms with E-state index in [9.17, 15) is 14.4 Å². The highest BCUT2D eigenvalue weighted by molar-refractivity contribution is 6.07. The first kappa shape index (κ1) is 19.2. The molecule has 6 rings (SSSR count). The van der Waals surface area contributed by atoms with Gasteiger partial charge in [-0.15, -0.1) is 0 Å². The van der Waals surface area contributed by atoms with Crippen molar-refractivity contribution in [2.45, 2.75) is 38.0 Å². The van der Waals surface area contributed by atoms with Crippen LogP contribution in [-0.4, -0.2) is 35.8 Å². The number of pyridine rings is 1. The summed E-state index contributed by atoms with van der Waals surface area (Å²) >= 11 is 0. The molecule has 3 aliphatic rings. The number of para-hydroxylation sites is 1. The van der Waals surface area contributed by atoms with Crippen molar-refractivity contribution < 1.29 is 19.1 Å². The molecule has 1 aromatic heterocycles. The molecule has 0 saturated heterocycles. The molecule has 0 unspecified atom stereocenters. The Morgan fingerprint density at radius 2 is 1.91 bits per heavy atom. The number of aryl methyl sites for hydroxylation is 1. The number of rotatable bonds is 5. The molecule has 0 radical (unpaired) electrons. The lowest BCUT2D eigenvalue weighted by Gasteiger charge is -2.25. The van der Waals surface area contributed by atoms with Gasteiger partial charge in [0.15, 0.2) is 12.4 Å². The molecule has 3 heterocycles. The number of hydrogen-bond acceptors (Lipinski definition) is 5. The van der Waals surface area contributed by atoms with Crippen LogP contribution in [-0.2, 0) is 22.4 Å². The Morgan fingerprint density at radius 1 is 1.09 bits per heavy atom. The molecule has 2 aliphatic heterocycles. The number of benzene rings is 2. The minimum Gasteiger partial charge on any atom is -0.454 e. The molecule has 0 bridgehead atoms. The maximum Gasteiger partial charge on any atom is 0.339 e. The first-order chi connectivity index (χ1) is 15.6. The van der Waals surface area contributed by atoms with Gasteiger partial charge in [0, 0.05) is 29.1 Å². The zero-order valence-electron chi connectivity index (χ0n) is 17.6. The number of amides is 1. The van der Waals surface area contributed by atoms with Gasteiger partial charge in [0.25, 0.3) is 0 Å². The third-order valence-corrected chi connectivity index (χ3v) is 6.62. The average Bonchev–Trinajstić information content (AvgIpc) is 3.61. The van der Waals surface area contributed by atoms with E-state index in [1.807, 2.05) is 41.3 Å². The molecule has 32 heavy (non-hydrogen) atoms. The standard InChI is InChI=1S/C26H22N2O4/c29-23(17-10-16-4-3-9-28-24(30)12-18(11-17)25(16)28)14-32-26(31)20-13-22(15-7-8-15)27-21-6-2-1-5-19(20)21/h1-2,5-6,10-11,13,15H,3-4,7-9,12,14H2. The number of carbonyl (C=O) groups excluding carboxylic acids is 3. The summed E-state index contributed by atoms with van der Waals surface area (Å²) in [5.41, 5.74) is 5.54. The predicted octanol–water partition coefficient (Wildman–Crippen LogP) is 3.99. The van der Waals surface area contributed by atoms with Gasteiger partial charge in [-0.2, -0.15) is 0 Å². The summed E-state index contributed by atoms with van der Waals surface area (Å²) in [6.45, 7) is 0.413. The monoisotopic (exact) mass is 426 g/mol. The van der Waals surface area contributed by atoms with Crippen LogP contribution in [0.4, 0.5) is 5.69 Å². The van der Waals surface area contributed by atoms with Gasteiger partial charge >= 0.3 is 5.97 Å². The van der Waals surface area contributed by atoms with Gasteiger partial charge in [-0.1, -0.05) is 18.2 Å². The summed E-state index contributed by atoms with van der Waals surface area (Å²) in [4.78, 5) is 44.6. The molecule has 3 aromatic rings. The van der Waals surface area contributed by atoms with Gasteiger partial charge < -0.3 is 9.64 Å². The van der Waals surface area contributed by atoms with Crippen molar-refractivity contribution in [3.05, 3.63) is 70.4 Å². The molecule has 1 amide bonds. The summed E-state index contributed by atoms with van der Waals surface area (Å²) in [6.07, 6.45) is 4.23. The van der Waals surface area contributed by atoms with Crippen LogP contribution in [0, 0.1) is 0 Å².